The third kappa shape index (κ3) is 2.55. The van der Waals surface area contributed by atoms with E-state index in [0.717, 1.165) is 16.8 Å². The highest BCUT2D eigenvalue weighted by Crippen LogP contribution is 2.25. The molecule has 2 unspecified atom stereocenters. The number of guanidine groups is 1. The van der Waals surface area contributed by atoms with Crippen LogP contribution < -0.4 is 0 Å². The summed E-state index contributed by atoms with van der Waals surface area (Å²) < 4.78 is 1.95. The summed E-state index contributed by atoms with van der Waals surface area (Å²) in [6.45, 7) is 6.18. The van der Waals surface area contributed by atoms with Crippen molar-refractivity contribution < 1.29 is 14.2 Å². The van der Waals surface area contributed by atoms with Crippen molar-refractivity contribution in [2.24, 2.45) is 10.1 Å². The largest absolute Gasteiger partial charge is 0.416 e. The number of fused-ring (bicyclic) bond motifs is 2. The number of hydrogen-bond donors (Lipinski definition) is 0. The summed E-state index contributed by atoms with van der Waals surface area (Å²) in [6.07, 6.45) is 0. The molecule has 0 bridgehead atoms. The second-order valence-electron chi connectivity index (χ2n) is 7.27. The van der Waals surface area contributed by atoms with Gasteiger partial charge in [-0.3, -0.25) is 14.6 Å². The van der Waals surface area contributed by atoms with Crippen molar-refractivity contribution in [3.63, 3.8) is 0 Å². The number of rotatable bonds is 2. The molecule has 1 aromatic carbocycles. The predicted molar refractivity (Wildman–Crippen MR) is 102 cm³/mol. The molecule has 2 atom stereocenters. The molecule has 3 aliphatic rings. The van der Waals surface area contributed by atoms with Crippen molar-refractivity contribution in [1.82, 2.24) is 14.8 Å². The fraction of sp³-hybridized carbons (Fsp3) is 0.421. The van der Waals surface area contributed by atoms with Crippen LogP contribution in [0.25, 0.3) is 0 Å². The fourth-order valence-electron chi connectivity index (χ4n) is 3.69. The maximum atomic E-state index is 13.3. The van der Waals surface area contributed by atoms with Crippen LogP contribution in [-0.2, 0) is 11.3 Å². The molecular weight excluding hydrogens is 344 g/mol. The maximum Gasteiger partial charge on any atom is 0.416 e. The van der Waals surface area contributed by atoms with Crippen LogP contribution >= 0.6 is 0 Å². The lowest BCUT2D eigenvalue weighted by molar-refractivity contribution is -0.558. The molecule has 0 spiro atoms. The summed E-state index contributed by atoms with van der Waals surface area (Å²) in [6, 6.07) is 6.80. The number of carbonyl (C=O) groups is 2. The van der Waals surface area contributed by atoms with E-state index in [1.165, 1.54) is 9.80 Å². The lowest BCUT2D eigenvalue weighted by Gasteiger charge is -2.35. The molecule has 0 radical (unpaired) electrons. The summed E-state index contributed by atoms with van der Waals surface area (Å²) in [5.74, 6) is 0.810. The van der Waals surface area contributed by atoms with E-state index >= 15 is 0 Å². The average Bonchev–Trinajstić information content (AvgIpc) is 3.05. The number of aryl methyl sites for hydroxylation is 1. The zero-order chi connectivity index (χ0) is 19.5. The number of carbonyl (C=O) groups excluding carboxylic acids is 2. The Morgan fingerprint density at radius 3 is 2.44 bits per heavy atom. The fourth-order valence-corrected chi connectivity index (χ4v) is 3.69. The highest BCUT2D eigenvalue weighted by molar-refractivity contribution is 6.23. The first-order valence-corrected chi connectivity index (χ1v) is 8.97. The highest BCUT2D eigenvalue weighted by Gasteiger charge is 2.55. The number of nitrogens with zero attached hydrogens (tertiary/aromatic N) is 6. The number of amidine groups is 1. The minimum absolute atomic E-state index is 0.0748. The first kappa shape index (κ1) is 17.4. The molecular formula is C19H23N6O2+. The molecule has 0 N–H and O–H groups in total. The Labute approximate surface area is 158 Å². The number of urea groups is 1. The van der Waals surface area contributed by atoms with Gasteiger partial charge in [-0.05, 0) is 26.3 Å². The van der Waals surface area contributed by atoms with Crippen LogP contribution in [0.2, 0.25) is 0 Å². The zero-order valence-electron chi connectivity index (χ0n) is 16.2. The summed E-state index contributed by atoms with van der Waals surface area (Å²) in [5, 5.41) is 6.13. The van der Waals surface area contributed by atoms with Gasteiger partial charge in [-0.1, -0.05) is 34.8 Å². The molecule has 4 rings (SSSR count). The Hall–Kier alpha value is -3.03. The lowest BCUT2D eigenvalue weighted by atomic mass is 10.1. The summed E-state index contributed by atoms with van der Waals surface area (Å²) in [5.41, 5.74) is 2.95. The summed E-state index contributed by atoms with van der Waals surface area (Å²) in [4.78, 5) is 33.5. The molecule has 8 nitrogen and oxygen atoms in total. The number of hydrogen-bond acceptors (Lipinski definition) is 5. The minimum atomic E-state index is -0.615. The molecule has 3 amide bonds. The van der Waals surface area contributed by atoms with Crippen LogP contribution in [0.3, 0.4) is 0 Å². The van der Waals surface area contributed by atoms with Crippen LogP contribution in [0.4, 0.5) is 4.79 Å². The molecule has 1 aromatic rings. The molecule has 0 saturated carbocycles. The number of amides is 3. The Kier molecular flexibility index (Phi) is 3.87. The van der Waals surface area contributed by atoms with E-state index < -0.39 is 6.04 Å². The summed E-state index contributed by atoms with van der Waals surface area (Å²) >= 11 is 0. The minimum Gasteiger partial charge on any atom is -0.270 e. The Bertz CT molecular complexity index is 930. The van der Waals surface area contributed by atoms with Gasteiger partial charge in [0.2, 0.25) is 11.9 Å². The third-order valence-electron chi connectivity index (χ3n) is 5.41. The molecule has 0 aliphatic carbocycles. The third-order valence-corrected chi connectivity index (χ3v) is 5.41. The molecule has 140 valence electrons. The average molecular weight is 367 g/mol. The molecule has 3 heterocycles. The summed E-state index contributed by atoms with van der Waals surface area (Å²) in [7, 11) is 3.47. The van der Waals surface area contributed by atoms with E-state index in [4.69, 9.17) is 0 Å². The first-order valence-electron chi connectivity index (χ1n) is 8.97. The van der Waals surface area contributed by atoms with Crippen molar-refractivity contribution in [2.75, 3.05) is 14.1 Å². The van der Waals surface area contributed by atoms with Gasteiger partial charge in [0.05, 0.1) is 19.3 Å². The monoisotopic (exact) mass is 367 g/mol. The SMILES string of the molecule is CC1=NN(C)C2=[N+](C1C)C1C(=O)N(Cc3ccc(C)cc3)C(=O)N(C)C1=N2. The van der Waals surface area contributed by atoms with E-state index in [2.05, 4.69) is 10.1 Å². The zero-order valence-corrected chi connectivity index (χ0v) is 16.2. The molecule has 3 aliphatic heterocycles. The highest BCUT2D eigenvalue weighted by atomic mass is 16.2. The quantitative estimate of drug-likeness (QED) is 0.739. The van der Waals surface area contributed by atoms with Crippen LogP contribution in [0, 0.1) is 6.92 Å². The van der Waals surface area contributed by atoms with Crippen LogP contribution in [0.15, 0.2) is 34.4 Å². The van der Waals surface area contributed by atoms with E-state index in [1.807, 2.05) is 49.6 Å². The number of imide groups is 1. The van der Waals surface area contributed by atoms with E-state index in [-0.39, 0.29) is 24.5 Å². The smallest absolute Gasteiger partial charge is 0.270 e. The van der Waals surface area contributed by atoms with Gasteiger partial charge in [0, 0.05) is 7.05 Å². The van der Waals surface area contributed by atoms with Gasteiger partial charge >= 0.3 is 12.0 Å². The second kappa shape index (κ2) is 6.00. The van der Waals surface area contributed by atoms with Gasteiger partial charge in [-0.25, -0.2) is 9.37 Å². The van der Waals surface area contributed by atoms with E-state index in [1.54, 1.807) is 19.1 Å². The van der Waals surface area contributed by atoms with Gasteiger partial charge in [-0.2, -0.15) is 0 Å². The molecule has 1 saturated heterocycles. The molecule has 27 heavy (non-hydrogen) atoms. The number of likely N-dealkylation sites (N-methyl/N-ethyl adjacent to an activating group) is 1. The molecule has 1 fully saturated rings. The van der Waals surface area contributed by atoms with Gasteiger partial charge in [0.1, 0.15) is 6.04 Å². The first-order chi connectivity index (χ1) is 12.8. The molecule has 0 aromatic heterocycles. The lowest BCUT2D eigenvalue weighted by Crippen LogP contribution is -2.64. The van der Waals surface area contributed by atoms with Gasteiger partial charge < -0.3 is 0 Å². The molecule has 8 heteroatoms. The number of hydrazone groups is 1. The second-order valence-corrected chi connectivity index (χ2v) is 7.27. The maximum absolute atomic E-state index is 13.3. The van der Waals surface area contributed by atoms with Crippen LogP contribution in [-0.4, -0.2) is 75.0 Å². The van der Waals surface area contributed by atoms with Crippen molar-refractivity contribution in [1.29, 1.82) is 0 Å². The van der Waals surface area contributed by atoms with Gasteiger partial charge in [0.15, 0.2) is 0 Å². The van der Waals surface area contributed by atoms with Gasteiger partial charge in [-0.15, -0.1) is 10.1 Å². The number of benzene rings is 1. The van der Waals surface area contributed by atoms with Crippen LogP contribution in [0.1, 0.15) is 25.0 Å². The predicted octanol–water partition coefficient (Wildman–Crippen LogP) is 1.25. The normalized spacial score (nSPS) is 24.9. The van der Waals surface area contributed by atoms with Crippen molar-refractivity contribution in [3.05, 3.63) is 35.4 Å². The van der Waals surface area contributed by atoms with E-state index in [0.29, 0.717) is 11.8 Å². The van der Waals surface area contributed by atoms with Crippen molar-refractivity contribution in [2.45, 2.75) is 39.4 Å². The Morgan fingerprint density at radius 2 is 1.78 bits per heavy atom. The van der Waals surface area contributed by atoms with Crippen molar-refractivity contribution >= 4 is 29.4 Å². The standard InChI is InChI=1S/C19H23N6O2/c1-11-6-8-14(9-7-11)10-24-17(26)15-16(22(4)19(24)27)20-18-23(5)21-12(2)13(3)25(15)18/h6-9,13,15H,10H2,1-5H3/q+1. The van der Waals surface area contributed by atoms with E-state index in [9.17, 15) is 9.59 Å². The van der Waals surface area contributed by atoms with Crippen LogP contribution in [0.5, 0.6) is 0 Å². The number of aliphatic imine (C=N–C) groups is 1. The topological polar surface area (TPSA) is 71.6 Å². The Balaban J connectivity index is 1.71. The van der Waals surface area contributed by atoms with Crippen molar-refractivity contribution in [3.8, 4) is 0 Å². The van der Waals surface area contributed by atoms with Gasteiger partial charge in [0.25, 0.3) is 5.91 Å². The Morgan fingerprint density at radius 1 is 1.11 bits per heavy atom.